The minimum Gasteiger partial charge on any atom is -0.508 e. The number of phenols is 1. The van der Waals surface area contributed by atoms with Gasteiger partial charge < -0.3 is 5.11 Å². The van der Waals surface area contributed by atoms with Crippen molar-refractivity contribution >= 4 is 5.71 Å². The number of phenolic OH excluding ortho intramolecular Hbond substituents is 1. The summed E-state index contributed by atoms with van der Waals surface area (Å²) in [5.74, 6) is 0.257. The Kier molecular flexibility index (Phi) is 4.84. The molecule has 0 amide bonds. The smallest absolute Gasteiger partial charge is 0.280 e. The highest BCUT2D eigenvalue weighted by Crippen LogP contribution is 2.11. The zero-order valence-electron chi connectivity index (χ0n) is 14.4. The lowest BCUT2D eigenvalue weighted by Crippen LogP contribution is -2.19. The van der Waals surface area contributed by atoms with E-state index in [0.717, 1.165) is 29.1 Å². The average Bonchev–Trinajstić information content (AvgIpc) is 2.92. The first-order valence-electron chi connectivity index (χ1n) is 8.22. The summed E-state index contributed by atoms with van der Waals surface area (Å²) in [6.07, 6.45) is 0.758. The molecule has 128 valence electrons. The van der Waals surface area contributed by atoms with Gasteiger partial charge in [0, 0.05) is 18.0 Å². The maximum absolute atomic E-state index is 12.7. The van der Waals surface area contributed by atoms with E-state index in [2.05, 4.69) is 10.1 Å². The Balaban J connectivity index is 1.80. The number of aromatic nitrogens is 2. The fraction of sp³-hybridized carbons (Fsp3) is 0.200. The summed E-state index contributed by atoms with van der Waals surface area (Å²) in [7, 11) is 0. The summed E-state index contributed by atoms with van der Waals surface area (Å²) >= 11 is 0. The van der Waals surface area contributed by atoms with Crippen LogP contribution in [0.1, 0.15) is 23.7 Å². The predicted molar refractivity (Wildman–Crippen MR) is 100 cm³/mol. The Morgan fingerprint density at radius 2 is 1.80 bits per heavy atom. The molecule has 2 aromatic carbocycles. The van der Waals surface area contributed by atoms with Crippen molar-refractivity contribution in [2.75, 3.05) is 6.54 Å². The standard InChI is InChI=1S/C20H21N3O2/c1-14(21-13-12-16-8-10-18(24)11-9-16)19-15(2)22-23(20(19)25)17-6-4-3-5-7-17/h3-11,22,24H,12-13H2,1-2H3. The number of nitrogens with zero attached hydrogens (tertiary/aromatic N) is 2. The van der Waals surface area contributed by atoms with E-state index in [0.29, 0.717) is 12.1 Å². The van der Waals surface area contributed by atoms with Crippen LogP contribution in [0.5, 0.6) is 5.75 Å². The number of aryl methyl sites for hydroxylation is 1. The fourth-order valence-electron chi connectivity index (χ4n) is 2.83. The summed E-state index contributed by atoms with van der Waals surface area (Å²) in [6.45, 7) is 4.34. The van der Waals surface area contributed by atoms with E-state index in [1.54, 1.807) is 16.8 Å². The molecule has 0 aliphatic rings. The van der Waals surface area contributed by atoms with Crippen LogP contribution in [-0.4, -0.2) is 27.1 Å². The minimum absolute atomic E-state index is 0.0883. The van der Waals surface area contributed by atoms with Gasteiger partial charge in [-0.1, -0.05) is 30.3 Å². The number of hydrogen-bond donors (Lipinski definition) is 2. The first kappa shape index (κ1) is 16.8. The normalized spacial score (nSPS) is 11.7. The SMILES string of the molecule is CC(=NCCc1ccc(O)cc1)c1c(C)[nH]n(-c2ccccc2)c1=O. The van der Waals surface area contributed by atoms with Crippen LogP contribution in [0.4, 0.5) is 0 Å². The number of aromatic amines is 1. The summed E-state index contributed by atoms with van der Waals surface area (Å²) < 4.78 is 1.55. The zero-order valence-corrected chi connectivity index (χ0v) is 14.4. The van der Waals surface area contributed by atoms with Crippen LogP contribution in [-0.2, 0) is 6.42 Å². The second-order valence-electron chi connectivity index (χ2n) is 5.97. The summed E-state index contributed by atoms with van der Waals surface area (Å²) in [5, 5.41) is 12.4. The van der Waals surface area contributed by atoms with Gasteiger partial charge >= 0.3 is 0 Å². The molecule has 25 heavy (non-hydrogen) atoms. The molecular weight excluding hydrogens is 314 g/mol. The predicted octanol–water partition coefficient (Wildman–Crippen LogP) is 3.23. The van der Waals surface area contributed by atoms with Gasteiger partial charge in [-0.05, 0) is 50.1 Å². The Bertz CT molecular complexity index is 935. The molecule has 0 fully saturated rings. The minimum atomic E-state index is -0.0883. The van der Waals surface area contributed by atoms with Gasteiger partial charge in [0.1, 0.15) is 5.75 Å². The van der Waals surface area contributed by atoms with Crippen LogP contribution in [0.3, 0.4) is 0 Å². The van der Waals surface area contributed by atoms with Crippen molar-refractivity contribution in [3.63, 3.8) is 0 Å². The van der Waals surface area contributed by atoms with Gasteiger partial charge in [-0.15, -0.1) is 0 Å². The van der Waals surface area contributed by atoms with E-state index in [1.165, 1.54) is 0 Å². The number of H-pyrrole nitrogens is 1. The van der Waals surface area contributed by atoms with Crippen LogP contribution in [0.15, 0.2) is 64.4 Å². The van der Waals surface area contributed by atoms with Gasteiger partial charge in [0.25, 0.3) is 5.56 Å². The average molecular weight is 335 g/mol. The molecule has 0 saturated carbocycles. The Morgan fingerprint density at radius 3 is 2.48 bits per heavy atom. The van der Waals surface area contributed by atoms with E-state index in [-0.39, 0.29) is 11.3 Å². The number of nitrogens with one attached hydrogen (secondary N) is 1. The third-order valence-corrected chi connectivity index (χ3v) is 4.13. The van der Waals surface area contributed by atoms with Gasteiger partial charge in [0.2, 0.25) is 0 Å². The van der Waals surface area contributed by atoms with E-state index in [9.17, 15) is 9.90 Å². The fourth-order valence-corrected chi connectivity index (χ4v) is 2.83. The Morgan fingerprint density at radius 1 is 1.12 bits per heavy atom. The van der Waals surface area contributed by atoms with Crippen LogP contribution in [0.2, 0.25) is 0 Å². The third-order valence-electron chi connectivity index (χ3n) is 4.13. The van der Waals surface area contributed by atoms with E-state index in [1.807, 2.05) is 56.3 Å². The molecule has 5 nitrogen and oxygen atoms in total. The summed E-state index contributed by atoms with van der Waals surface area (Å²) in [6, 6.07) is 16.6. The van der Waals surface area contributed by atoms with Crippen molar-refractivity contribution in [1.29, 1.82) is 0 Å². The lowest BCUT2D eigenvalue weighted by atomic mass is 10.1. The molecule has 1 heterocycles. The second-order valence-corrected chi connectivity index (χ2v) is 5.97. The first-order valence-corrected chi connectivity index (χ1v) is 8.22. The molecule has 0 unspecified atom stereocenters. The quantitative estimate of drug-likeness (QED) is 0.703. The van der Waals surface area contributed by atoms with E-state index >= 15 is 0 Å². The summed E-state index contributed by atoms with van der Waals surface area (Å²) in [4.78, 5) is 17.3. The van der Waals surface area contributed by atoms with Crippen LogP contribution in [0, 0.1) is 6.92 Å². The van der Waals surface area contributed by atoms with Crippen LogP contribution < -0.4 is 5.56 Å². The monoisotopic (exact) mass is 335 g/mol. The molecule has 2 N–H and O–H groups in total. The van der Waals surface area contributed by atoms with Crippen molar-refractivity contribution in [2.24, 2.45) is 4.99 Å². The number of rotatable bonds is 5. The van der Waals surface area contributed by atoms with Gasteiger partial charge in [-0.25, -0.2) is 4.68 Å². The van der Waals surface area contributed by atoms with Gasteiger partial charge in [0.05, 0.1) is 11.3 Å². The molecule has 0 spiro atoms. The van der Waals surface area contributed by atoms with Gasteiger partial charge in [0.15, 0.2) is 0 Å². The number of benzene rings is 2. The van der Waals surface area contributed by atoms with Crippen molar-refractivity contribution in [1.82, 2.24) is 9.78 Å². The van der Waals surface area contributed by atoms with Crippen LogP contribution >= 0.6 is 0 Å². The molecule has 1 aromatic heterocycles. The molecule has 3 aromatic rings. The highest BCUT2D eigenvalue weighted by Gasteiger charge is 2.14. The molecule has 0 atom stereocenters. The highest BCUT2D eigenvalue weighted by atomic mass is 16.3. The zero-order chi connectivity index (χ0) is 17.8. The Labute approximate surface area is 146 Å². The lowest BCUT2D eigenvalue weighted by molar-refractivity contribution is 0.475. The highest BCUT2D eigenvalue weighted by molar-refractivity contribution is 5.99. The molecular formula is C20H21N3O2. The first-order chi connectivity index (χ1) is 12.1. The van der Waals surface area contributed by atoms with Crippen LogP contribution in [0.25, 0.3) is 5.69 Å². The second kappa shape index (κ2) is 7.21. The number of aliphatic imine (C=N–C) groups is 1. The molecule has 0 bridgehead atoms. The van der Waals surface area contributed by atoms with Crippen molar-refractivity contribution in [3.05, 3.63) is 81.8 Å². The topological polar surface area (TPSA) is 70.4 Å². The maximum atomic E-state index is 12.7. The van der Waals surface area contributed by atoms with Gasteiger partial charge in [-0.2, -0.15) is 0 Å². The molecule has 5 heteroatoms. The largest absolute Gasteiger partial charge is 0.508 e. The van der Waals surface area contributed by atoms with Crippen molar-refractivity contribution in [2.45, 2.75) is 20.3 Å². The van der Waals surface area contributed by atoms with E-state index < -0.39 is 0 Å². The third kappa shape index (κ3) is 3.71. The summed E-state index contributed by atoms with van der Waals surface area (Å²) in [5.41, 5.74) is 3.97. The lowest BCUT2D eigenvalue weighted by Gasteiger charge is -2.01. The number of aromatic hydroxyl groups is 1. The molecule has 3 rings (SSSR count). The van der Waals surface area contributed by atoms with Crippen molar-refractivity contribution in [3.8, 4) is 11.4 Å². The Hall–Kier alpha value is -3.08. The van der Waals surface area contributed by atoms with Crippen molar-refractivity contribution < 1.29 is 5.11 Å². The molecule has 0 aliphatic heterocycles. The number of para-hydroxylation sites is 1. The molecule has 0 aliphatic carbocycles. The number of hydrogen-bond acceptors (Lipinski definition) is 3. The van der Waals surface area contributed by atoms with E-state index in [4.69, 9.17) is 0 Å². The molecule has 0 saturated heterocycles. The molecule has 0 radical (unpaired) electrons. The van der Waals surface area contributed by atoms with Gasteiger partial charge in [-0.3, -0.25) is 14.9 Å². The maximum Gasteiger partial charge on any atom is 0.280 e.